The van der Waals surface area contributed by atoms with E-state index < -0.39 is 0 Å². The van der Waals surface area contributed by atoms with Crippen LogP contribution in [0.4, 0.5) is 0 Å². The molecule has 0 aliphatic carbocycles. The molecule has 2 rings (SSSR count). The molecule has 0 saturated heterocycles. The Bertz CT molecular complexity index is 450. The first kappa shape index (κ1) is 9.08. The summed E-state index contributed by atoms with van der Waals surface area (Å²) in [6, 6.07) is 5.66. The number of thiophene rings is 1. The first-order chi connectivity index (χ1) is 6.20. The van der Waals surface area contributed by atoms with Gasteiger partial charge in [0.15, 0.2) is 5.06 Å². The number of fused-ring (bicyclic) bond motifs is 1. The van der Waals surface area contributed by atoms with E-state index in [-0.39, 0.29) is 0 Å². The molecule has 0 radical (unpaired) electrons. The van der Waals surface area contributed by atoms with Gasteiger partial charge in [0.25, 0.3) is 0 Å². The number of aromatic hydroxyl groups is 1. The molecule has 0 spiro atoms. The van der Waals surface area contributed by atoms with Crippen LogP contribution in [0.5, 0.6) is 10.8 Å². The molecule has 0 unspecified atom stereocenters. The van der Waals surface area contributed by atoms with Gasteiger partial charge in [-0.05, 0) is 34.7 Å². The molecule has 1 aromatic carbocycles. The van der Waals surface area contributed by atoms with Gasteiger partial charge in [0.05, 0.1) is 7.11 Å². The first-order valence-corrected chi connectivity index (χ1v) is 5.56. The number of ether oxygens (including phenoxy) is 1. The quantitative estimate of drug-likeness (QED) is 0.820. The maximum atomic E-state index is 9.32. The smallest absolute Gasteiger partial charge is 0.172 e. The molecule has 0 aliphatic rings. The van der Waals surface area contributed by atoms with E-state index in [1.165, 1.54) is 11.3 Å². The Morgan fingerprint density at radius 3 is 2.85 bits per heavy atom. The fourth-order valence-electron chi connectivity index (χ4n) is 1.18. The molecule has 0 bridgehead atoms. The van der Waals surface area contributed by atoms with E-state index in [1.54, 1.807) is 13.2 Å². The summed E-state index contributed by atoms with van der Waals surface area (Å²) in [5.41, 5.74) is 0. The van der Waals surface area contributed by atoms with Gasteiger partial charge in [-0.2, -0.15) is 0 Å². The van der Waals surface area contributed by atoms with Crippen LogP contribution >= 0.6 is 33.9 Å². The SMILES string of the molecule is COc1cc(I)c2cc(O)sc2c1. The summed E-state index contributed by atoms with van der Waals surface area (Å²) in [6.45, 7) is 0. The lowest BCUT2D eigenvalue weighted by Gasteiger charge is -2.00. The normalized spacial score (nSPS) is 10.6. The summed E-state index contributed by atoms with van der Waals surface area (Å²) in [7, 11) is 1.64. The molecule has 0 fully saturated rings. The fourth-order valence-corrected chi connectivity index (χ4v) is 2.97. The Morgan fingerprint density at radius 1 is 1.38 bits per heavy atom. The number of methoxy groups -OCH3 is 1. The van der Waals surface area contributed by atoms with E-state index in [0.29, 0.717) is 5.06 Å². The second-order valence-corrected chi connectivity index (χ2v) is 4.83. The third kappa shape index (κ3) is 1.60. The molecule has 1 heterocycles. The molecule has 2 aromatic rings. The third-order valence-electron chi connectivity index (χ3n) is 1.78. The molecule has 68 valence electrons. The van der Waals surface area contributed by atoms with Crippen molar-refractivity contribution in [2.75, 3.05) is 7.11 Å². The van der Waals surface area contributed by atoms with Crippen molar-refractivity contribution in [2.45, 2.75) is 0 Å². The average Bonchev–Trinajstić information content (AvgIpc) is 2.46. The maximum Gasteiger partial charge on any atom is 0.172 e. The summed E-state index contributed by atoms with van der Waals surface area (Å²) in [5, 5.41) is 10.8. The molecule has 0 saturated carbocycles. The van der Waals surface area contributed by atoms with Gasteiger partial charge in [0.1, 0.15) is 5.75 Å². The van der Waals surface area contributed by atoms with Crippen LogP contribution in [-0.4, -0.2) is 12.2 Å². The number of halogens is 1. The van der Waals surface area contributed by atoms with E-state index in [1.807, 2.05) is 12.1 Å². The Morgan fingerprint density at radius 2 is 2.15 bits per heavy atom. The highest BCUT2D eigenvalue weighted by Gasteiger charge is 2.06. The van der Waals surface area contributed by atoms with Crippen LogP contribution in [0.3, 0.4) is 0 Å². The van der Waals surface area contributed by atoms with Crippen LogP contribution < -0.4 is 4.74 Å². The van der Waals surface area contributed by atoms with Crippen LogP contribution in [0, 0.1) is 3.57 Å². The predicted octanol–water partition coefficient (Wildman–Crippen LogP) is 3.22. The van der Waals surface area contributed by atoms with Gasteiger partial charge in [-0.3, -0.25) is 0 Å². The lowest BCUT2D eigenvalue weighted by atomic mass is 10.2. The Balaban J connectivity index is 2.75. The molecule has 0 aliphatic heterocycles. The summed E-state index contributed by atoms with van der Waals surface area (Å²) < 4.78 is 7.29. The van der Waals surface area contributed by atoms with Crippen molar-refractivity contribution < 1.29 is 9.84 Å². The van der Waals surface area contributed by atoms with Crippen molar-refractivity contribution in [1.29, 1.82) is 0 Å². The topological polar surface area (TPSA) is 29.5 Å². The minimum atomic E-state index is 0.348. The number of hydrogen-bond donors (Lipinski definition) is 1. The fraction of sp³-hybridized carbons (Fsp3) is 0.111. The van der Waals surface area contributed by atoms with Gasteiger partial charge in [0, 0.05) is 19.7 Å². The van der Waals surface area contributed by atoms with Crippen molar-refractivity contribution in [2.24, 2.45) is 0 Å². The molecule has 13 heavy (non-hydrogen) atoms. The molecular weight excluding hydrogens is 299 g/mol. The highest BCUT2D eigenvalue weighted by molar-refractivity contribution is 14.1. The van der Waals surface area contributed by atoms with Crippen LogP contribution in [0.1, 0.15) is 0 Å². The summed E-state index contributed by atoms with van der Waals surface area (Å²) in [4.78, 5) is 0. The summed E-state index contributed by atoms with van der Waals surface area (Å²) in [5.74, 6) is 0.832. The van der Waals surface area contributed by atoms with Crippen molar-refractivity contribution in [3.8, 4) is 10.8 Å². The number of rotatable bonds is 1. The summed E-state index contributed by atoms with van der Waals surface area (Å²) >= 11 is 3.60. The van der Waals surface area contributed by atoms with Gasteiger partial charge in [0.2, 0.25) is 0 Å². The largest absolute Gasteiger partial charge is 0.499 e. The van der Waals surface area contributed by atoms with Crippen LogP contribution in [0.15, 0.2) is 18.2 Å². The molecule has 0 atom stereocenters. The molecule has 0 amide bonds. The van der Waals surface area contributed by atoms with Gasteiger partial charge in [-0.15, -0.1) is 0 Å². The highest BCUT2D eigenvalue weighted by Crippen LogP contribution is 2.36. The van der Waals surface area contributed by atoms with Crippen molar-refractivity contribution in [3.05, 3.63) is 21.8 Å². The van der Waals surface area contributed by atoms with Crippen molar-refractivity contribution in [3.63, 3.8) is 0 Å². The first-order valence-electron chi connectivity index (χ1n) is 3.67. The highest BCUT2D eigenvalue weighted by atomic mass is 127. The van der Waals surface area contributed by atoms with Crippen LogP contribution in [-0.2, 0) is 0 Å². The second kappa shape index (κ2) is 3.34. The monoisotopic (exact) mass is 306 g/mol. The van der Waals surface area contributed by atoms with E-state index in [4.69, 9.17) is 4.74 Å². The predicted molar refractivity (Wildman–Crippen MR) is 62.8 cm³/mol. The lowest BCUT2D eigenvalue weighted by molar-refractivity contribution is 0.415. The number of benzene rings is 1. The standard InChI is InChI=1S/C9H7IO2S/c1-12-5-2-7(10)6-4-9(11)13-8(6)3-5/h2-4,11H,1H3. The van der Waals surface area contributed by atoms with Crippen LogP contribution in [0.25, 0.3) is 10.1 Å². The van der Waals surface area contributed by atoms with Gasteiger partial charge in [-0.1, -0.05) is 11.3 Å². The zero-order valence-electron chi connectivity index (χ0n) is 6.87. The lowest BCUT2D eigenvalue weighted by Crippen LogP contribution is -1.82. The Labute approximate surface area is 93.3 Å². The Kier molecular flexibility index (Phi) is 2.33. The summed E-state index contributed by atoms with van der Waals surface area (Å²) in [6.07, 6.45) is 0. The molecular formula is C9H7IO2S. The zero-order chi connectivity index (χ0) is 9.42. The third-order valence-corrected chi connectivity index (χ3v) is 3.56. The van der Waals surface area contributed by atoms with E-state index in [0.717, 1.165) is 19.4 Å². The van der Waals surface area contributed by atoms with E-state index in [9.17, 15) is 5.11 Å². The van der Waals surface area contributed by atoms with Gasteiger partial charge < -0.3 is 9.84 Å². The van der Waals surface area contributed by atoms with Gasteiger partial charge in [-0.25, -0.2) is 0 Å². The minimum Gasteiger partial charge on any atom is -0.499 e. The van der Waals surface area contributed by atoms with Crippen LogP contribution in [0.2, 0.25) is 0 Å². The van der Waals surface area contributed by atoms with E-state index >= 15 is 0 Å². The van der Waals surface area contributed by atoms with E-state index in [2.05, 4.69) is 22.6 Å². The minimum absolute atomic E-state index is 0.348. The van der Waals surface area contributed by atoms with Gasteiger partial charge >= 0.3 is 0 Å². The van der Waals surface area contributed by atoms with Crippen molar-refractivity contribution in [1.82, 2.24) is 0 Å². The second-order valence-electron chi connectivity index (χ2n) is 2.61. The Hall–Kier alpha value is -0.490. The zero-order valence-corrected chi connectivity index (χ0v) is 9.85. The molecule has 1 N–H and O–H groups in total. The maximum absolute atomic E-state index is 9.32. The number of hydrogen-bond acceptors (Lipinski definition) is 3. The average molecular weight is 306 g/mol. The molecule has 2 nitrogen and oxygen atoms in total. The molecule has 1 aromatic heterocycles. The molecule has 4 heteroatoms. The van der Waals surface area contributed by atoms with Crippen molar-refractivity contribution >= 4 is 44.0 Å².